The summed E-state index contributed by atoms with van der Waals surface area (Å²) in [5, 5.41) is 5.46. The van der Waals surface area contributed by atoms with Crippen molar-refractivity contribution in [2.75, 3.05) is 0 Å². The Morgan fingerprint density at radius 2 is 0.821 bits per heavy atom. The number of rotatable bonds is 18. The second-order valence-electron chi connectivity index (χ2n) is 23.6. The van der Waals surface area contributed by atoms with Crippen LogP contribution in [-0.4, -0.2) is 77.8 Å². The van der Waals surface area contributed by atoms with Crippen LogP contribution in [0.15, 0.2) is 212 Å². The Kier molecular flexibility index (Phi) is 18.6. The predicted molar refractivity (Wildman–Crippen MR) is 335 cm³/mol. The van der Waals surface area contributed by atoms with Gasteiger partial charge in [-0.1, -0.05) is 291 Å². The Morgan fingerprint density at radius 3 is 1.14 bits per heavy atom. The molecule has 406 valence electrons. The van der Waals surface area contributed by atoms with Gasteiger partial charge in [0.05, 0.1) is 27.8 Å². The average Bonchev–Trinajstić information content (AvgIpc) is 3.54. The third-order valence-corrected chi connectivity index (χ3v) is 31.8. The van der Waals surface area contributed by atoms with Crippen LogP contribution in [0.1, 0.15) is 86.5 Å². The van der Waals surface area contributed by atoms with E-state index in [1.54, 1.807) is 12.1 Å². The van der Waals surface area contributed by atoms with E-state index in [2.05, 4.69) is 243 Å². The predicted octanol–water partition coefficient (Wildman–Crippen LogP) is 11.6. The Morgan fingerprint density at radius 1 is 0.513 bits per heavy atom. The number of terminal acetylenes is 1. The molecule has 0 aliphatic carbocycles. The normalized spacial score (nSPS) is 19.7. The van der Waals surface area contributed by atoms with Gasteiger partial charge >= 0.3 is 5.97 Å². The van der Waals surface area contributed by atoms with Crippen LogP contribution in [0.4, 0.5) is 0 Å². The molecule has 0 radical (unpaired) electrons. The first-order valence-electron chi connectivity index (χ1n) is 27.2. The van der Waals surface area contributed by atoms with Gasteiger partial charge in [0.1, 0.15) is 18.3 Å². The van der Waals surface area contributed by atoms with Crippen molar-refractivity contribution in [1.29, 1.82) is 0 Å². The van der Waals surface area contributed by atoms with Crippen molar-refractivity contribution in [3.8, 4) is 12.3 Å². The van der Waals surface area contributed by atoms with E-state index in [-0.39, 0.29) is 5.04 Å². The van der Waals surface area contributed by atoms with Crippen molar-refractivity contribution < 1.29 is 32.3 Å². The first-order valence-corrected chi connectivity index (χ1v) is 34.2. The van der Waals surface area contributed by atoms with Crippen LogP contribution in [0, 0.1) is 12.3 Å². The van der Waals surface area contributed by atoms with Gasteiger partial charge in [-0.25, -0.2) is 4.79 Å². The molecular formula is C67H77IO7Si3. The molecule has 0 N–H and O–H groups in total. The van der Waals surface area contributed by atoms with Crippen LogP contribution in [0.25, 0.3) is 0 Å². The maximum atomic E-state index is 14.2. The number of ether oxygens (including phenoxy) is 3. The zero-order valence-corrected chi connectivity index (χ0v) is 52.3. The number of carbonyl (C=O) groups excluding carboxylic acids is 1. The molecule has 78 heavy (non-hydrogen) atoms. The average molecular weight is 1210 g/mol. The van der Waals surface area contributed by atoms with Crippen molar-refractivity contribution in [3.63, 3.8) is 0 Å². The molecule has 7 aromatic rings. The highest BCUT2D eigenvalue weighted by Crippen LogP contribution is 2.46. The molecule has 0 spiro atoms. The maximum absolute atomic E-state index is 14.2. The molecule has 7 aromatic carbocycles. The van der Waals surface area contributed by atoms with Crippen LogP contribution in [0.3, 0.4) is 0 Å². The van der Waals surface area contributed by atoms with E-state index in [9.17, 15) is 4.79 Å². The van der Waals surface area contributed by atoms with E-state index in [1.165, 1.54) is 0 Å². The Bertz CT molecular complexity index is 2920. The molecule has 0 bridgehead atoms. The summed E-state index contributed by atoms with van der Waals surface area (Å²) in [6.45, 7) is 24.4. The molecule has 8 rings (SSSR count). The van der Waals surface area contributed by atoms with E-state index < -0.39 is 87.8 Å². The molecule has 7 nitrogen and oxygen atoms in total. The van der Waals surface area contributed by atoms with Crippen LogP contribution >= 0.6 is 22.6 Å². The summed E-state index contributed by atoms with van der Waals surface area (Å²) in [5.41, 5.74) is 0.407. The molecule has 0 saturated carbocycles. The van der Waals surface area contributed by atoms with Crippen molar-refractivity contribution in [2.24, 2.45) is 0 Å². The minimum Gasteiger partial charge on any atom is -0.456 e. The number of hydrogen-bond donors (Lipinski definition) is 0. The van der Waals surface area contributed by atoms with Gasteiger partial charge in [0.15, 0.2) is 6.29 Å². The van der Waals surface area contributed by atoms with Crippen LogP contribution in [-0.2, 0) is 27.5 Å². The largest absolute Gasteiger partial charge is 0.456 e. The lowest BCUT2D eigenvalue weighted by Gasteiger charge is -2.54. The number of carbonyl (C=O) groups is 1. The molecule has 1 aliphatic rings. The molecule has 0 aromatic heterocycles. The molecule has 0 amide bonds. The smallest absolute Gasteiger partial charge is 0.338 e. The number of hydrogen-bond acceptors (Lipinski definition) is 7. The Labute approximate surface area is 482 Å². The molecule has 1 saturated heterocycles. The summed E-state index contributed by atoms with van der Waals surface area (Å²) in [6.07, 6.45) is 0.962. The summed E-state index contributed by atoms with van der Waals surface area (Å²) in [7, 11) is -9.96. The standard InChI is InChI=1S/C67H77IO7Si3/c1-13-58(73-76(65(4,5)6,52-37-23-15-24-38-52)53-39-25-16-26-40-53)60(49(2)70-63(69)51-35-21-14-22-36-51)72-64-59(68)62(75-78(67(10,11)12,56-45-31-19-32-46-56)57-47-33-20-34-48-57)61(50(3)71-64)74-77(66(7,8)9,54-41-27-17-28-42-54)55-43-29-18-30-44-55/h1,14-50,58-62,64H,2-12H3/t49-,50-,58-,59-,60-,61-,62-,64+/m1/s1. The minimum absolute atomic E-state index is 0.368. The van der Waals surface area contributed by atoms with Gasteiger partial charge in [-0.05, 0) is 72.2 Å². The van der Waals surface area contributed by atoms with Crippen LogP contribution < -0.4 is 31.1 Å². The Balaban J connectivity index is 1.32. The second kappa shape index (κ2) is 24.6. The van der Waals surface area contributed by atoms with Crippen molar-refractivity contribution in [2.45, 2.75) is 138 Å². The highest BCUT2D eigenvalue weighted by molar-refractivity contribution is 14.1. The van der Waals surface area contributed by atoms with E-state index >= 15 is 0 Å². The molecule has 1 aliphatic heterocycles. The Hall–Kier alpha value is -5.25. The fourth-order valence-electron chi connectivity index (χ4n) is 11.7. The van der Waals surface area contributed by atoms with Gasteiger partial charge in [0, 0.05) is 0 Å². The molecule has 1 fully saturated rings. The molecule has 1 heterocycles. The van der Waals surface area contributed by atoms with Gasteiger partial charge in [0.2, 0.25) is 0 Å². The SMILES string of the molecule is C#C[C@@H](O[Si](c1ccccc1)(c1ccccc1)C(C)(C)C)[C@H](O[C@@H]1O[C@H](C)[C@@H](O[Si](c2ccccc2)(c2ccccc2)C(C)(C)C)[C@H](O[Si](c2ccccc2)(c2ccccc2)C(C)(C)C)[C@H]1I)[C@@H](C)OC(=O)c1ccccc1. The molecule has 8 atom stereocenters. The first-order chi connectivity index (χ1) is 37.2. The lowest BCUT2D eigenvalue weighted by atomic mass is 10.0. The number of esters is 1. The van der Waals surface area contributed by atoms with Gasteiger partial charge in [-0.2, -0.15) is 0 Å². The lowest BCUT2D eigenvalue weighted by Crippen LogP contribution is -2.74. The summed E-state index contributed by atoms with van der Waals surface area (Å²) in [4.78, 5) is 14.2. The van der Waals surface area contributed by atoms with Gasteiger partial charge < -0.3 is 27.5 Å². The third kappa shape index (κ3) is 11.8. The van der Waals surface area contributed by atoms with E-state index in [0.29, 0.717) is 5.56 Å². The lowest BCUT2D eigenvalue weighted by molar-refractivity contribution is -0.262. The van der Waals surface area contributed by atoms with Crippen molar-refractivity contribution >= 4 is 84.6 Å². The molecular weight excluding hydrogens is 1130 g/mol. The molecule has 11 heteroatoms. The summed E-state index contributed by atoms with van der Waals surface area (Å²) in [6, 6.07) is 72.7. The van der Waals surface area contributed by atoms with Crippen molar-refractivity contribution in [1.82, 2.24) is 0 Å². The summed E-state index contributed by atoms with van der Waals surface area (Å²) >= 11 is 2.49. The fraction of sp³-hybridized carbons (Fsp3) is 0.328. The molecule has 0 unspecified atom stereocenters. The highest BCUT2D eigenvalue weighted by atomic mass is 127. The van der Waals surface area contributed by atoms with E-state index in [4.69, 9.17) is 33.9 Å². The monoisotopic (exact) mass is 1200 g/mol. The fourth-order valence-corrected chi connectivity index (χ4v) is 26.9. The van der Waals surface area contributed by atoms with Crippen LogP contribution in [0.5, 0.6) is 0 Å². The van der Waals surface area contributed by atoms with Gasteiger partial charge in [0.25, 0.3) is 25.0 Å². The van der Waals surface area contributed by atoms with Crippen molar-refractivity contribution in [3.05, 3.63) is 218 Å². The summed E-state index contributed by atoms with van der Waals surface area (Å²) < 4.78 is 45.2. The summed E-state index contributed by atoms with van der Waals surface area (Å²) in [5.74, 6) is 2.57. The van der Waals surface area contributed by atoms with E-state index in [0.717, 1.165) is 31.1 Å². The highest BCUT2D eigenvalue weighted by Gasteiger charge is 2.61. The zero-order chi connectivity index (χ0) is 55.9. The number of alkyl halides is 1. The van der Waals surface area contributed by atoms with Crippen LogP contribution in [0.2, 0.25) is 15.1 Å². The number of benzene rings is 7. The first kappa shape index (κ1) is 58.9. The van der Waals surface area contributed by atoms with E-state index in [1.807, 2.05) is 61.5 Å². The second-order valence-corrected chi connectivity index (χ2v) is 37.8. The topological polar surface area (TPSA) is 72.5 Å². The zero-order valence-electron chi connectivity index (χ0n) is 47.1. The third-order valence-electron chi connectivity index (χ3n) is 15.4. The van der Waals surface area contributed by atoms with Gasteiger partial charge in [-0.15, -0.1) is 6.42 Å². The van der Waals surface area contributed by atoms with Gasteiger partial charge in [-0.3, -0.25) is 0 Å². The quantitative estimate of drug-likeness (QED) is 0.0279. The minimum atomic E-state index is -3.34. The number of halogens is 1. The maximum Gasteiger partial charge on any atom is 0.338 e.